The van der Waals surface area contributed by atoms with Crippen molar-refractivity contribution in [1.82, 2.24) is 15.5 Å². The molecule has 3 atom stereocenters. The SMILES string of the molecule is CC(c1ccc(Cl)cc1)N1CCCC(CNC(=O)C2CCCN2)C1.Cl. The highest BCUT2D eigenvalue weighted by molar-refractivity contribution is 6.30. The van der Waals surface area contributed by atoms with Crippen LogP contribution in [0.25, 0.3) is 0 Å². The van der Waals surface area contributed by atoms with Crippen LogP contribution in [0.4, 0.5) is 0 Å². The second-order valence-corrected chi connectivity index (χ2v) is 7.56. The number of hydrogen-bond donors (Lipinski definition) is 2. The Bertz CT molecular complexity index is 546. The van der Waals surface area contributed by atoms with Gasteiger partial charge in [-0.25, -0.2) is 0 Å². The highest BCUT2D eigenvalue weighted by Crippen LogP contribution is 2.27. The molecule has 2 aliphatic rings. The average molecular weight is 386 g/mol. The van der Waals surface area contributed by atoms with E-state index in [0.29, 0.717) is 12.0 Å². The molecule has 140 valence electrons. The number of likely N-dealkylation sites (tertiary alicyclic amines) is 1. The van der Waals surface area contributed by atoms with Crippen molar-refractivity contribution in [1.29, 1.82) is 0 Å². The second kappa shape index (κ2) is 9.77. The zero-order chi connectivity index (χ0) is 16.9. The number of piperidine rings is 1. The second-order valence-electron chi connectivity index (χ2n) is 7.12. The molecule has 0 radical (unpaired) electrons. The average Bonchev–Trinajstić information content (AvgIpc) is 3.15. The maximum Gasteiger partial charge on any atom is 0.237 e. The topological polar surface area (TPSA) is 44.4 Å². The van der Waals surface area contributed by atoms with Crippen molar-refractivity contribution in [2.75, 3.05) is 26.2 Å². The Morgan fingerprint density at radius 1 is 1.32 bits per heavy atom. The van der Waals surface area contributed by atoms with Gasteiger partial charge in [-0.15, -0.1) is 12.4 Å². The van der Waals surface area contributed by atoms with Crippen LogP contribution in [0.3, 0.4) is 0 Å². The van der Waals surface area contributed by atoms with E-state index < -0.39 is 0 Å². The van der Waals surface area contributed by atoms with Crippen molar-refractivity contribution in [2.24, 2.45) is 5.92 Å². The lowest BCUT2D eigenvalue weighted by atomic mass is 9.95. The van der Waals surface area contributed by atoms with Crippen LogP contribution in [0, 0.1) is 5.92 Å². The summed E-state index contributed by atoms with van der Waals surface area (Å²) in [6, 6.07) is 8.57. The van der Waals surface area contributed by atoms with E-state index in [1.807, 2.05) is 12.1 Å². The third-order valence-corrected chi connectivity index (χ3v) is 5.64. The fraction of sp³-hybridized carbons (Fsp3) is 0.632. The number of benzene rings is 1. The lowest BCUT2D eigenvalue weighted by Gasteiger charge is -2.37. The highest BCUT2D eigenvalue weighted by Gasteiger charge is 2.26. The molecule has 0 spiro atoms. The number of hydrogen-bond acceptors (Lipinski definition) is 3. The van der Waals surface area contributed by atoms with Crippen molar-refractivity contribution < 1.29 is 4.79 Å². The molecule has 1 aromatic carbocycles. The number of rotatable bonds is 5. The number of amides is 1. The van der Waals surface area contributed by atoms with Crippen LogP contribution in [0.2, 0.25) is 5.02 Å². The normalized spacial score (nSPS) is 25.2. The molecule has 3 unspecified atom stereocenters. The van der Waals surface area contributed by atoms with Crippen LogP contribution >= 0.6 is 24.0 Å². The van der Waals surface area contributed by atoms with Gasteiger partial charge in [0.05, 0.1) is 6.04 Å². The van der Waals surface area contributed by atoms with Crippen molar-refractivity contribution in [2.45, 2.75) is 44.7 Å². The molecular weight excluding hydrogens is 357 g/mol. The molecule has 25 heavy (non-hydrogen) atoms. The predicted molar refractivity (Wildman–Crippen MR) is 105 cm³/mol. The zero-order valence-corrected chi connectivity index (χ0v) is 16.4. The number of nitrogens with zero attached hydrogens (tertiary/aromatic N) is 1. The molecule has 2 aliphatic heterocycles. The molecule has 1 aromatic rings. The molecule has 3 rings (SSSR count). The van der Waals surface area contributed by atoms with Crippen LogP contribution in [0.5, 0.6) is 0 Å². The standard InChI is InChI=1S/C19H28ClN3O.ClH/c1-14(16-6-8-17(20)9-7-16)23-11-3-4-15(13-23)12-22-19(24)18-5-2-10-21-18;/h6-9,14-15,18,21H,2-5,10-13H2,1H3,(H,22,24);1H. The first-order chi connectivity index (χ1) is 11.6. The molecule has 1 amide bonds. The molecule has 2 heterocycles. The van der Waals surface area contributed by atoms with Crippen LogP contribution in [0.1, 0.15) is 44.2 Å². The molecular formula is C19H29Cl2N3O. The third-order valence-electron chi connectivity index (χ3n) is 5.39. The largest absolute Gasteiger partial charge is 0.354 e. The quantitative estimate of drug-likeness (QED) is 0.815. The van der Waals surface area contributed by atoms with Gasteiger partial charge in [0.15, 0.2) is 0 Å². The summed E-state index contributed by atoms with van der Waals surface area (Å²) < 4.78 is 0. The Morgan fingerprint density at radius 3 is 2.76 bits per heavy atom. The number of carbonyl (C=O) groups is 1. The maximum absolute atomic E-state index is 12.2. The van der Waals surface area contributed by atoms with Gasteiger partial charge < -0.3 is 10.6 Å². The highest BCUT2D eigenvalue weighted by atomic mass is 35.5. The van der Waals surface area contributed by atoms with E-state index in [9.17, 15) is 4.79 Å². The molecule has 0 saturated carbocycles. The number of halogens is 2. The third kappa shape index (κ3) is 5.58. The van der Waals surface area contributed by atoms with Gasteiger partial charge in [0, 0.05) is 24.2 Å². The van der Waals surface area contributed by atoms with Crippen LogP contribution < -0.4 is 10.6 Å². The Labute approximate surface area is 162 Å². The first kappa shape index (κ1) is 20.5. The zero-order valence-electron chi connectivity index (χ0n) is 14.8. The molecule has 2 N–H and O–H groups in total. The minimum Gasteiger partial charge on any atom is -0.354 e. The summed E-state index contributed by atoms with van der Waals surface area (Å²) in [4.78, 5) is 14.7. The summed E-state index contributed by atoms with van der Waals surface area (Å²) in [6.07, 6.45) is 4.46. The van der Waals surface area contributed by atoms with Gasteiger partial charge in [0.1, 0.15) is 0 Å². The van der Waals surface area contributed by atoms with Gasteiger partial charge in [-0.2, -0.15) is 0 Å². The Balaban J connectivity index is 0.00000225. The van der Waals surface area contributed by atoms with Crippen molar-refractivity contribution in [3.05, 3.63) is 34.9 Å². The van der Waals surface area contributed by atoms with Gasteiger partial charge in [-0.1, -0.05) is 23.7 Å². The van der Waals surface area contributed by atoms with Crippen molar-refractivity contribution in [3.8, 4) is 0 Å². The summed E-state index contributed by atoms with van der Waals surface area (Å²) >= 11 is 5.99. The molecule has 2 fully saturated rings. The first-order valence-electron chi connectivity index (χ1n) is 9.14. The van der Waals surface area contributed by atoms with E-state index in [2.05, 4.69) is 34.6 Å². The lowest BCUT2D eigenvalue weighted by Crippen LogP contribution is -2.45. The van der Waals surface area contributed by atoms with Crippen LogP contribution in [0.15, 0.2) is 24.3 Å². The van der Waals surface area contributed by atoms with Gasteiger partial charge >= 0.3 is 0 Å². The summed E-state index contributed by atoms with van der Waals surface area (Å²) in [5.74, 6) is 0.717. The van der Waals surface area contributed by atoms with E-state index >= 15 is 0 Å². The van der Waals surface area contributed by atoms with E-state index in [1.54, 1.807) is 0 Å². The van der Waals surface area contributed by atoms with Crippen molar-refractivity contribution in [3.63, 3.8) is 0 Å². The van der Waals surface area contributed by atoms with Crippen LogP contribution in [-0.2, 0) is 4.79 Å². The van der Waals surface area contributed by atoms with Crippen molar-refractivity contribution >= 4 is 29.9 Å². The summed E-state index contributed by atoms with van der Waals surface area (Å²) in [7, 11) is 0. The van der Waals surface area contributed by atoms with E-state index in [1.165, 1.54) is 18.4 Å². The smallest absolute Gasteiger partial charge is 0.237 e. The minimum absolute atomic E-state index is 0. The van der Waals surface area contributed by atoms with E-state index in [4.69, 9.17) is 11.6 Å². The molecule has 2 saturated heterocycles. The Morgan fingerprint density at radius 2 is 2.08 bits per heavy atom. The fourth-order valence-electron chi connectivity index (χ4n) is 3.84. The van der Waals surface area contributed by atoms with E-state index in [-0.39, 0.29) is 24.4 Å². The van der Waals surface area contributed by atoms with Gasteiger partial charge in [-0.05, 0) is 69.3 Å². The summed E-state index contributed by atoms with van der Waals surface area (Å²) in [5.41, 5.74) is 1.30. The minimum atomic E-state index is 0. The summed E-state index contributed by atoms with van der Waals surface area (Å²) in [5, 5.41) is 7.20. The molecule has 4 nitrogen and oxygen atoms in total. The molecule has 0 aromatic heterocycles. The van der Waals surface area contributed by atoms with Gasteiger partial charge in [0.25, 0.3) is 0 Å². The van der Waals surface area contributed by atoms with Crippen LogP contribution in [-0.4, -0.2) is 43.0 Å². The van der Waals surface area contributed by atoms with Gasteiger partial charge in [-0.3, -0.25) is 9.69 Å². The molecule has 0 bridgehead atoms. The number of carbonyl (C=O) groups excluding carboxylic acids is 1. The summed E-state index contributed by atoms with van der Waals surface area (Å²) in [6.45, 7) is 6.18. The number of nitrogens with one attached hydrogen (secondary N) is 2. The Hall–Kier alpha value is -0.810. The maximum atomic E-state index is 12.2. The molecule has 6 heteroatoms. The van der Waals surface area contributed by atoms with Gasteiger partial charge in [0.2, 0.25) is 5.91 Å². The Kier molecular flexibility index (Phi) is 8.01. The first-order valence-corrected chi connectivity index (χ1v) is 9.52. The monoisotopic (exact) mass is 385 g/mol. The predicted octanol–water partition coefficient (Wildman–Crippen LogP) is 3.40. The fourth-order valence-corrected chi connectivity index (χ4v) is 3.97. The molecule has 0 aliphatic carbocycles. The van der Waals surface area contributed by atoms with E-state index in [0.717, 1.165) is 44.0 Å². The lowest BCUT2D eigenvalue weighted by molar-refractivity contribution is -0.123.